The maximum absolute atomic E-state index is 12.2. The number of aryl methyl sites for hydroxylation is 1. The number of methoxy groups -OCH3 is 1. The van der Waals surface area contributed by atoms with E-state index in [0.29, 0.717) is 28.2 Å². The van der Waals surface area contributed by atoms with Gasteiger partial charge in [0.05, 0.1) is 19.1 Å². The van der Waals surface area contributed by atoms with Gasteiger partial charge in [0.2, 0.25) is 5.71 Å². The first-order chi connectivity index (χ1) is 11.6. The van der Waals surface area contributed by atoms with E-state index in [2.05, 4.69) is 15.3 Å². The molecule has 0 saturated heterocycles. The predicted molar refractivity (Wildman–Crippen MR) is 88.8 cm³/mol. The number of nitrogens with zero attached hydrogens (tertiary/aromatic N) is 2. The van der Waals surface area contributed by atoms with E-state index in [1.807, 2.05) is 24.3 Å². The van der Waals surface area contributed by atoms with Gasteiger partial charge in [-0.25, -0.2) is 14.8 Å². The van der Waals surface area contributed by atoms with Crippen molar-refractivity contribution in [2.24, 2.45) is 0 Å². The van der Waals surface area contributed by atoms with Gasteiger partial charge in [0.15, 0.2) is 0 Å². The van der Waals surface area contributed by atoms with Gasteiger partial charge in [-0.3, -0.25) is 0 Å². The number of benzene rings is 1. The molecular formula is C17H17N3O4. The molecular weight excluding hydrogens is 310 g/mol. The van der Waals surface area contributed by atoms with Crippen LogP contribution in [0, 0.1) is 6.92 Å². The summed E-state index contributed by atoms with van der Waals surface area (Å²) < 4.78 is 15.8. The molecule has 0 radical (unpaired) electrons. The Bertz CT molecular complexity index is 871. The molecule has 7 heteroatoms. The van der Waals surface area contributed by atoms with Crippen LogP contribution in [0.1, 0.15) is 23.0 Å². The molecule has 7 nitrogen and oxygen atoms in total. The van der Waals surface area contributed by atoms with Crippen molar-refractivity contribution in [2.45, 2.75) is 13.8 Å². The minimum atomic E-state index is -0.457. The Hall–Kier alpha value is -3.09. The van der Waals surface area contributed by atoms with Crippen LogP contribution in [0.2, 0.25) is 0 Å². The van der Waals surface area contributed by atoms with Crippen molar-refractivity contribution >= 4 is 28.6 Å². The van der Waals surface area contributed by atoms with Crippen LogP contribution >= 0.6 is 0 Å². The Morgan fingerprint density at radius 2 is 2.00 bits per heavy atom. The lowest BCUT2D eigenvalue weighted by molar-refractivity contribution is 0.0526. The van der Waals surface area contributed by atoms with E-state index in [0.717, 1.165) is 11.4 Å². The number of furan rings is 1. The van der Waals surface area contributed by atoms with Gasteiger partial charge in [-0.05, 0) is 38.1 Å². The molecule has 0 bridgehead atoms. The zero-order chi connectivity index (χ0) is 17.1. The average Bonchev–Trinajstić information content (AvgIpc) is 2.93. The van der Waals surface area contributed by atoms with Crippen LogP contribution in [0.5, 0.6) is 5.75 Å². The molecule has 0 spiro atoms. The summed E-state index contributed by atoms with van der Waals surface area (Å²) in [6.45, 7) is 3.73. The first-order valence-corrected chi connectivity index (χ1v) is 7.46. The van der Waals surface area contributed by atoms with Crippen LogP contribution in [0.25, 0.3) is 11.1 Å². The fourth-order valence-electron chi connectivity index (χ4n) is 2.40. The van der Waals surface area contributed by atoms with E-state index in [4.69, 9.17) is 13.9 Å². The number of anilines is 2. The number of esters is 1. The molecule has 24 heavy (non-hydrogen) atoms. The maximum Gasteiger partial charge on any atom is 0.342 e. The first kappa shape index (κ1) is 15.8. The molecule has 0 aliphatic carbocycles. The average molecular weight is 327 g/mol. The van der Waals surface area contributed by atoms with Gasteiger partial charge < -0.3 is 19.2 Å². The predicted octanol–water partition coefficient (Wildman–Crippen LogP) is 3.46. The molecule has 0 amide bonds. The van der Waals surface area contributed by atoms with Crippen LogP contribution < -0.4 is 10.1 Å². The Morgan fingerprint density at radius 3 is 2.67 bits per heavy atom. The highest BCUT2D eigenvalue weighted by Crippen LogP contribution is 2.31. The molecule has 0 saturated carbocycles. The first-order valence-electron chi connectivity index (χ1n) is 7.46. The van der Waals surface area contributed by atoms with Gasteiger partial charge in [-0.15, -0.1) is 0 Å². The topological polar surface area (TPSA) is 86.5 Å². The lowest BCUT2D eigenvalue weighted by Gasteiger charge is -2.08. The SMILES string of the molecule is CCOC(=O)c1c(C)oc2ncnc(Nc3ccc(OC)cc3)c12. The van der Waals surface area contributed by atoms with E-state index in [-0.39, 0.29) is 6.61 Å². The van der Waals surface area contributed by atoms with Gasteiger partial charge in [-0.2, -0.15) is 0 Å². The Morgan fingerprint density at radius 1 is 1.25 bits per heavy atom. The highest BCUT2D eigenvalue weighted by atomic mass is 16.5. The number of fused-ring (bicyclic) bond motifs is 1. The molecule has 0 fully saturated rings. The van der Waals surface area contributed by atoms with Crippen molar-refractivity contribution in [3.05, 3.63) is 41.9 Å². The number of hydrogen-bond donors (Lipinski definition) is 1. The van der Waals surface area contributed by atoms with Crippen LogP contribution in [0.15, 0.2) is 35.0 Å². The largest absolute Gasteiger partial charge is 0.497 e. The molecule has 0 aliphatic rings. The third-order valence-electron chi connectivity index (χ3n) is 3.50. The minimum absolute atomic E-state index is 0.278. The molecule has 0 unspecified atom stereocenters. The highest BCUT2D eigenvalue weighted by Gasteiger charge is 2.23. The van der Waals surface area contributed by atoms with Gasteiger partial charge in [0.25, 0.3) is 0 Å². The van der Waals surface area contributed by atoms with Crippen molar-refractivity contribution in [2.75, 3.05) is 19.0 Å². The van der Waals surface area contributed by atoms with E-state index in [1.165, 1.54) is 6.33 Å². The number of ether oxygens (including phenoxy) is 2. The summed E-state index contributed by atoms with van der Waals surface area (Å²) in [6.07, 6.45) is 1.38. The van der Waals surface area contributed by atoms with Gasteiger partial charge >= 0.3 is 5.97 Å². The highest BCUT2D eigenvalue weighted by molar-refractivity contribution is 6.08. The summed E-state index contributed by atoms with van der Waals surface area (Å²) in [5, 5.41) is 3.68. The summed E-state index contributed by atoms with van der Waals surface area (Å²) >= 11 is 0. The number of hydrogen-bond acceptors (Lipinski definition) is 7. The van der Waals surface area contributed by atoms with Gasteiger partial charge in [0, 0.05) is 5.69 Å². The van der Waals surface area contributed by atoms with Crippen molar-refractivity contribution < 1.29 is 18.7 Å². The quantitative estimate of drug-likeness (QED) is 0.718. The Kier molecular flexibility index (Phi) is 4.33. The van der Waals surface area contributed by atoms with E-state index >= 15 is 0 Å². The van der Waals surface area contributed by atoms with E-state index < -0.39 is 5.97 Å². The molecule has 3 aromatic rings. The van der Waals surface area contributed by atoms with Gasteiger partial charge in [-0.1, -0.05) is 0 Å². The molecule has 1 aromatic carbocycles. The van der Waals surface area contributed by atoms with E-state index in [9.17, 15) is 4.79 Å². The molecule has 3 rings (SSSR count). The molecule has 2 aromatic heterocycles. The van der Waals surface area contributed by atoms with E-state index in [1.54, 1.807) is 21.0 Å². The monoisotopic (exact) mass is 327 g/mol. The third kappa shape index (κ3) is 2.88. The summed E-state index contributed by atoms with van der Waals surface area (Å²) in [6, 6.07) is 7.36. The third-order valence-corrected chi connectivity index (χ3v) is 3.50. The second-order valence-electron chi connectivity index (χ2n) is 5.01. The summed E-state index contributed by atoms with van der Waals surface area (Å²) in [5.74, 6) is 1.22. The number of rotatable bonds is 5. The molecule has 124 valence electrons. The number of carbonyl (C=O) groups is 1. The minimum Gasteiger partial charge on any atom is -0.497 e. The van der Waals surface area contributed by atoms with Gasteiger partial charge in [0.1, 0.15) is 29.2 Å². The van der Waals surface area contributed by atoms with Crippen molar-refractivity contribution in [1.29, 1.82) is 0 Å². The zero-order valence-corrected chi connectivity index (χ0v) is 13.6. The van der Waals surface area contributed by atoms with Crippen LogP contribution in [0.3, 0.4) is 0 Å². The van der Waals surface area contributed by atoms with Crippen molar-refractivity contribution in [1.82, 2.24) is 9.97 Å². The maximum atomic E-state index is 12.2. The normalized spacial score (nSPS) is 10.6. The second kappa shape index (κ2) is 6.57. The number of carbonyl (C=O) groups excluding carboxylic acids is 1. The van der Waals surface area contributed by atoms with Crippen LogP contribution in [-0.2, 0) is 4.74 Å². The fourth-order valence-corrected chi connectivity index (χ4v) is 2.40. The Balaban J connectivity index is 2.05. The lowest BCUT2D eigenvalue weighted by Crippen LogP contribution is -2.06. The van der Waals surface area contributed by atoms with Crippen LogP contribution in [-0.4, -0.2) is 29.7 Å². The number of aromatic nitrogens is 2. The zero-order valence-electron chi connectivity index (χ0n) is 13.6. The van der Waals surface area contributed by atoms with Crippen molar-refractivity contribution in [3.63, 3.8) is 0 Å². The molecule has 0 aliphatic heterocycles. The standard InChI is InChI=1S/C17H17N3O4/c1-4-23-17(21)13-10(2)24-16-14(13)15(18-9-19-16)20-11-5-7-12(22-3)8-6-11/h5-9H,4H2,1-3H3,(H,18,19,20). The van der Waals surface area contributed by atoms with Crippen molar-refractivity contribution in [3.8, 4) is 5.75 Å². The summed E-state index contributed by atoms with van der Waals surface area (Å²) in [4.78, 5) is 20.6. The fraction of sp³-hybridized carbons (Fsp3) is 0.235. The second-order valence-corrected chi connectivity index (χ2v) is 5.01. The molecule has 1 N–H and O–H groups in total. The van der Waals surface area contributed by atoms with Crippen LogP contribution in [0.4, 0.5) is 11.5 Å². The summed E-state index contributed by atoms with van der Waals surface area (Å²) in [5.41, 5.74) is 1.47. The Labute approximate surface area is 138 Å². The molecule has 0 atom stereocenters. The lowest BCUT2D eigenvalue weighted by atomic mass is 10.2. The summed E-state index contributed by atoms with van der Waals surface area (Å²) in [7, 11) is 1.61. The smallest absolute Gasteiger partial charge is 0.342 e. The molecule has 2 heterocycles. The number of nitrogens with one attached hydrogen (secondary N) is 1.